The van der Waals surface area contributed by atoms with Gasteiger partial charge in [0.25, 0.3) is 5.91 Å². The summed E-state index contributed by atoms with van der Waals surface area (Å²) >= 11 is 0. The molecule has 0 spiro atoms. The van der Waals surface area contributed by atoms with Crippen LogP contribution in [-0.2, 0) is 0 Å². The maximum atomic E-state index is 12.2. The van der Waals surface area contributed by atoms with Gasteiger partial charge in [0, 0.05) is 24.2 Å². The number of nitrogens with one attached hydrogen (secondary N) is 1. The minimum Gasteiger partial charge on any atom is -0.320 e. The average molecular weight is 271 g/mol. The van der Waals surface area contributed by atoms with Crippen molar-refractivity contribution in [1.29, 1.82) is 0 Å². The van der Waals surface area contributed by atoms with Gasteiger partial charge in [-0.1, -0.05) is 24.3 Å². The molecule has 0 aromatic heterocycles. The molecule has 4 heteroatoms. The molecule has 1 aromatic rings. The predicted molar refractivity (Wildman–Crippen MR) is 80.0 cm³/mol. The molecule has 20 heavy (non-hydrogen) atoms. The van der Waals surface area contributed by atoms with Crippen LogP contribution in [0.5, 0.6) is 0 Å². The molecule has 106 valence electrons. The van der Waals surface area contributed by atoms with E-state index in [0.29, 0.717) is 12.1 Å². The van der Waals surface area contributed by atoms with Gasteiger partial charge < -0.3 is 5.73 Å². The van der Waals surface area contributed by atoms with Crippen LogP contribution in [0, 0.1) is 18.8 Å². The number of hydrogen-bond acceptors (Lipinski definition) is 3. The van der Waals surface area contributed by atoms with Crippen molar-refractivity contribution in [2.24, 2.45) is 5.73 Å². The lowest BCUT2D eigenvalue weighted by atomic mass is 10.0. The van der Waals surface area contributed by atoms with E-state index in [1.807, 2.05) is 30.1 Å². The fourth-order valence-corrected chi connectivity index (χ4v) is 2.26. The van der Waals surface area contributed by atoms with Gasteiger partial charge in [-0.15, -0.1) is 0 Å². The van der Waals surface area contributed by atoms with Crippen LogP contribution >= 0.6 is 0 Å². The summed E-state index contributed by atoms with van der Waals surface area (Å²) in [6, 6.07) is 5.59. The highest BCUT2D eigenvalue weighted by atomic mass is 16.2. The summed E-state index contributed by atoms with van der Waals surface area (Å²) in [5.74, 6) is 5.76. The second kappa shape index (κ2) is 7.09. The number of nitrogens with zero attached hydrogens (tertiary/aromatic N) is 1. The molecule has 1 aliphatic heterocycles. The van der Waals surface area contributed by atoms with E-state index >= 15 is 0 Å². The molecule has 0 aliphatic carbocycles. The third kappa shape index (κ3) is 3.83. The zero-order valence-corrected chi connectivity index (χ0v) is 11.9. The Balaban J connectivity index is 2.09. The van der Waals surface area contributed by atoms with Crippen molar-refractivity contribution in [2.45, 2.75) is 26.2 Å². The van der Waals surface area contributed by atoms with Gasteiger partial charge in [-0.25, -0.2) is 5.01 Å². The van der Waals surface area contributed by atoms with Crippen LogP contribution in [0.1, 0.15) is 40.7 Å². The Labute approximate surface area is 120 Å². The molecule has 1 aliphatic rings. The molecule has 0 saturated carbocycles. The SMILES string of the molecule is Cc1ccc(C(=O)NN2CCCCC2)cc1C#CCN. The van der Waals surface area contributed by atoms with Crippen molar-refractivity contribution in [3.8, 4) is 11.8 Å². The molecular formula is C16H21N3O. The van der Waals surface area contributed by atoms with Crippen molar-refractivity contribution < 1.29 is 4.79 Å². The van der Waals surface area contributed by atoms with E-state index in [-0.39, 0.29) is 5.91 Å². The van der Waals surface area contributed by atoms with E-state index in [2.05, 4.69) is 17.3 Å². The molecule has 2 rings (SSSR count). The quantitative estimate of drug-likeness (QED) is 0.800. The molecule has 1 aromatic carbocycles. The van der Waals surface area contributed by atoms with Gasteiger partial charge in [-0.05, 0) is 37.5 Å². The molecule has 1 amide bonds. The Morgan fingerprint density at radius 1 is 1.35 bits per heavy atom. The maximum Gasteiger partial charge on any atom is 0.265 e. The van der Waals surface area contributed by atoms with E-state index in [1.165, 1.54) is 6.42 Å². The fourth-order valence-electron chi connectivity index (χ4n) is 2.26. The third-order valence-electron chi connectivity index (χ3n) is 3.44. The van der Waals surface area contributed by atoms with Gasteiger partial charge in [0.05, 0.1) is 6.54 Å². The van der Waals surface area contributed by atoms with E-state index in [1.54, 1.807) is 0 Å². The fraction of sp³-hybridized carbons (Fsp3) is 0.438. The molecule has 4 nitrogen and oxygen atoms in total. The largest absolute Gasteiger partial charge is 0.320 e. The molecule has 1 fully saturated rings. The van der Waals surface area contributed by atoms with Crippen LogP contribution in [0.15, 0.2) is 18.2 Å². The van der Waals surface area contributed by atoms with Crippen LogP contribution < -0.4 is 11.2 Å². The van der Waals surface area contributed by atoms with Crippen molar-refractivity contribution in [3.05, 3.63) is 34.9 Å². The predicted octanol–water partition coefficient (Wildman–Crippen LogP) is 1.44. The first-order valence-electron chi connectivity index (χ1n) is 7.06. The lowest BCUT2D eigenvalue weighted by Crippen LogP contribution is -2.45. The topological polar surface area (TPSA) is 58.4 Å². The van der Waals surface area contributed by atoms with Gasteiger partial charge in [-0.2, -0.15) is 0 Å². The first-order valence-corrected chi connectivity index (χ1v) is 7.06. The summed E-state index contributed by atoms with van der Waals surface area (Å²) in [6.07, 6.45) is 3.53. The van der Waals surface area contributed by atoms with Crippen molar-refractivity contribution >= 4 is 5.91 Å². The minimum absolute atomic E-state index is 0.0669. The highest BCUT2D eigenvalue weighted by Gasteiger charge is 2.14. The Morgan fingerprint density at radius 3 is 2.80 bits per heavy atom. The van der Waals surface area contributed by atoms with Crippen molar-refractivity contribution in [2.75, 3.05) is 19.6 Å². The van der Waals surface area contributed by atoms with Crippen LogP contribution in [0.3, 0.4) is 0 Å². The Morgan fingerprint density at radius 2 is 2.10 bits per heavy atom. The third-order valence-corrected chi connectivity index (χ3v) is 3.44. The van der Waals surface area contributed by atoms with Crippen molar-refractivity contribution in [1.82, 2.24) is 10.4 Å². The zero-order valence-electron chi connectivity index (χ0n) is 11.9. The van der Waals surface area contributed by atoms with E-state index in [4.69, 9.17) is 5.73 Å². The second-order valence-corrected chi connectivity index (χ2v) is 5.02. The standard InChI is InChI=1S/C16H21N3O/c1-13-7-8-15(12-14(13)6-5-9-17)16(20)18-19-10-3-2-4-11-19/h7-8,12H,2-4,9-11,17H2,1H3,(H,18,20). The number of carbonyl (C=O) groups is 1. The molecule has 0 bridgehead atoms. The molecule has 0 atom stereocenters. The summed E-state index contributed by atoms with van der Waals surface area (Å²) in [7, 11) is 0. The Bertz CT molecular complexity index is 536. The molecule has 1 saturated heterocycles. The first-order chi connectivity index (χ1) is 9.70. The van der Waals surface area contributed by atoms with Gasteiger partial charge >= 0.3 is 0 Å². The number of hydrogen-bond donors (Lipinski definition) is 2. The molecule has 1 heterocycles. The number of hydrazine groups is 1. The Kier molecular flexibility index (Phi) is 5.16. The van der Waals surface area contributed by atoms with Crippen LogP contribution in [0.2, 0.25) is 0 Å². The lowest BCUT2D eigenvalue weighted by molar-refractivity contribution is 0.0750. The number of nitrogens with two attached hydrogens (primary N) is 1. The average Bonchev–Trinajstić information content (AvgIpc) is 2.47. The van der Waals surface area contributed by atoms with E-state index in [9.17, 15) is 4.79 Å². The van der Waals surface area contributed by atoms with Gasteiger partial charge in [0.1, 0.15) is 0 Å². The Hall–Kier alpha value is -1.83. The monoisotopic (exact) mass is 271 g/mol. The number of amides is 1. The normalized spacial score (nSPS) is 15.3. The zero-order chi connectivity index (χ0) is 14.4. The second-order valence-electron chi connectivity index (χ2n) is 5.02. The first kappa shape index (κ1) is 14.6. The summed E-state index contributed by atoms with van der Waals surface area (Å²) in [6.45, 7) is 4.16. The molecular weight excluding hydrogens is 250 g/mol. The summed E-state index contributed by atoms with van der Waals surface area (Å²) in [5, 5.41) is 2.00. The summed E-state index contributed by atoms with van der Waals surface area (Å²) in [5.41, 5.74) is 10.9. The number of piperidine rings is 1. The number of carbonyl (C=O) groups excluding carboxylic acids is 1. The van der Waals surface area contributed by atoms with Gasteiger partial charge in [-0.3, -0.25) is 10.2 Å². The minimum atomic E-state index is -0.0669. The highest BCUT2D eigenvalue weighted by Crippen LogP contribution is 2.11. The number of aryl methyl sites for hydroxylation is 1. The number of benzene rings is 1. The van der Waals surface area contributed by atoms with Crippen LogP contribution in [0.25, 0.3) is 0 Å². The maximum absolute atomic E-state index is 12.2. The summed E-state index contributed by atoms with van der Waals surface area (Å²) < 4.78 is 0. The van der Waals surface area contributed by atoms with Gasteiger partial charge in [0.2, 0.25) is 0 Å². The molecule has 0 radical (unpaired) electrons. The van der Waals surface area contributed by atoms with E-state index < -0.39 is 0 Å². The van der Waals surface area contributed by atoms with Crippen molar-refractivity contribution in [3.63, 3.8) is 0 Å². The van der Waals surface area contributed by atoms with E-state index in [0.717, 1.165) is 37.1 Å². The molecule has 0 unspecified atom stereocenters. The summed E-state index contributed by atoms with van der Waals surface area (Å²) in [4.78, 5) is 12.2. The van der Waals surface area contributed by atoms with Crippen LogP contribution in [0.4, 0.5) is 0 Å². The highest BCUT2D eigenvalue weighted by molar-refractivity contribution is 5.94. The van der Waals surface area contributed by atoms with Gasteiger partial charge in [0.15, 0.2) is 0 Å². The lowest BCUT2D eigenvalue weighted by Gasteiger charge is -2.26. The van der Waals surface area contributed by atoms with Crippen LogP contribution in [-0.4, -0.2) is 30.6 Å². The number of rotatable bonds is 2. The molecule has 3 N–H and O–H groups in total. The smallest absolute Gasteiger partial charge is 0.265 e.